The highest BCUT2D eigenvalue weighted by atomic mass is 35.5. The molecule has 35 heavy (non-hydrogen) atoms. The zero-order chi connectivity index (χ0) is 24.4. The number of carbonyl (C=O) groups is 1. The molecule has 4 aromatic rings. The van der Waals surface area contributed by atoms with Crippen molar-refractivity contribution in [2.24, 2.45) is 0 Å². The lowest BCUT2D eigenvalue weighted by atomic mass is 10.1. The summed E-state index contributed by atoms with van der Waals surface area (Å²) in [6.45, 7) is 3.36. The molecular formula is C26H25ClN4O4. The van der Waals surface area contributed by atoms with E-state index in [0.29, 0.717) is 33.2 Å². The molecule has 0 bridgehead atoms. The number of rotatable bonds is 7. The van der Waals surface area contributed by atoms with E-state index in [0.717, 1.165) is 37.2 Å². The Morgan fingerprint density at radius 2 is 2.03 bits per heavy atom. The maximum absolute atomic E-state index is 11.4. The largest absolute Gasteiger partial charge is 0.478 e. The number of pyridine rings is 1. The first-order valence-electron chi connectivity index (χ1n) is 11.5. The normalized spacial score (nSPS) is 15.8. The molecule has 0 amide bonds. The minimum absolute atomic E-state index is 0.172. The van der Waals surface area contributed by atoms with E-state index in [4.69, 9.17) is 21.1 Å². The van der Waals surface area contributed by atoms with Gasteiger partial charge in [-0.1, -0.05) is 29.8 Å². The van der Waals surface area contributed by atoms with Gasteiger partial charge in [-0.2, -0.15) is 4.98 Å². The molecule has 1 aliphatic rings. The molecule has 2 aromatic heterocycles. The standard InChI is InChI=1S/C26H25ClN4O4/c1-15-5-10-18(12-20(15)25(32)33)35-26-29-22-13-21(27)23(30-24(22)31-26)16-6-8-17(9-7-16)28-14-19-4-2-3-11-34-19/h5-10,12-13,19,28H,2-4,11,14H2,1H3,(H,32,33)(H,29,30,31). The number of benzene rings is 2. The van der Waals surface area contributed by atoms with Gasteiger partial charge in [-0.05, 0) is 62.1 Å². The van der Waals surface area contributed by atoms with E-state index in [9.17, 15) is 9.90 Å². The van der Waals surface area contributed by atoms with Crippen LogP contribution >= 0.6 is 11.6 Å². The summed E-state index contributed by atoms with van der Waals surface area (Å²) < 4.78 is 11.5. The number of anilines is 1. The SMILES string of the molecule is Cc1ccc(Oc2nc3nc(-c4ccc(NCC5CCCCO5)cc4)c(Cl)cc3[nH]2)cc1C(=O)O. The zero-order valence-corrected chi connectivity index (χ0v) is 19.9. The Morgan fingerprint density at radius 3 is 2.77 bits per heavy atom. The molecule has 8 nitrogen and oxygen atoms in total. The van der Waals surface area contributed by atoms with Crippen molar-refractivity contribution in [3.05, 3.63) is 64.7 Å². The van der Waals surface area contributed by atoms with Gasteiger partial charge >= 0.3 is 12.0 Å². The summed E-state index contributed by atoms with van der Waals surface area (Å²) in [5.74, 6) is -0.653. The van der Waals surface area contributed by atoms with Gasteiger partial charge in [0.25, 0.3) is 0 Å². The van der Waals surface area contributed by atoms with Crippen LogP contribution in [0, 0.1) is 6.92 Å². The van der Waals surface area contributed by atoms with E-state index in [-0.39, 0.29) is 17.7 Å². The first-order chi connectivity index (χ1) is 17.0. The Labute approximate surface area is 207 Å². The first kappa shape index (κ1) is 23.1. The van der Waals surface area contributed by atoms with Crippen LogP contribution in [-0.2, 0) is 4.74 Å². The smallest absolute Gasteiger partial charge is 0.336 e. The number of imidazole rings is 1. The van der Waals surface area contributed by atoms with Crippen molar-refractivity contribution < 1.29 is 19.4 Å². The number of aromatic carboxylic acids is 1. The van der Waals surface area contributed by atoms with E-state index >= 15 is 0 Å². The lowest BCUT2D eigenvalue weighted by molar-refractivity contribution is 0.0247. The topological polar surface area (TPSA) is 109 Å². The molecule has 0 aliphatic carbocycles. The third-order valence-electron chi connectivity index (χ3n) is 6.03. The molecule has 0 saturated carbocycles. The summed E-state index contributed by atoms with van der Waals surface area (Å²) in [5, 5.41) is 13.2. The van der Waals surface area contributed by atoms with Crippen LogP contribution < -0.4 is 10.1 Å². The second kappa shape index (κ2) is 9.93. The molecule has 1 unspecified atom stereocenters. The van der Waals surface area contributed by atoms with E-state index in [2.05, 4.69) is 20.3 Å². The summed E-state index contributed by atoms with van der Waals surface area (Å²) >= 11 is 6.53. The molecule has 1 atom stereocenters. The van der Waals surface area contributed by atoms with Crippen LogP contribution in [0.25, 0.3) is 22.4 Å². The molecule has 180 valence electrons. The van der Waals surface area contributed by atoms with Gasteiger partial charge in [0.1, 0.15) is 5.75 Å². The van der Waals surface area contributed by atoms with Gasteiger partial charge in [0.2, 0.25) is 0 Å². The van der Waals surface area contributed by atoms with Crippen molar-refractivity contribution >= 4 is 34.4 Å². The van der Waals surface area contributed by atoms with Crippen LogP contribution in [0.5, 0.6) is 11.8 Å². The maximum Gasteiger partial charge on any atom is 0.336 e. The molecule has 2 aromatic carbocycles. The molecule has 5 rings (SSSR count). The van der Waals surface area contributed by atoms with Gasteiger partial charge in [0.15, 0.2) is 5.65 Å². The van der Waals surface area contributed by atoms with Crippen LogP contribution in [0.3, 0.4) is 0 Å². The molecule has 9 heteroatoms. The highest BCUT2D eigenvalue weighted by Gasteiger charge is 2.15. The molecule has 1 saturated heterocycles. The van der Waals surface area contributed by atoms with Crippen molar-refractivity contribution in [1.29, 1.82) is 0 Å². The van der Waals surface area contributed by atoms with E-state index in [1.54, 1.807) is 25.1 Å². The van der Waals surface area contributed by atoms with Crippen LogP contribution in [0.4, 0.5) is 5.69 Å². The average molecular weight is 493 g/mol. The Hall–Kier alpha value is -3.62. The summed E-state index contributed by atoms with van der Waals surface area (Å²) in [5.41, 5.74) is 4.37. The first-order valence-corrected chi connectivity index (χ1v) is 11.9. The second-order valence-electron chi connectivity index (χ2n) is 8.56. The van der Waals surface area contributed by atoms with Crippen molar-refractivity contribution in [3.8, 4) is 23.0 Å². The van der Waals surface area contributed by atoms with E-state index in [1.165, 1.54) is 12.5 Å². The number of hydrogen-bond donors (Lipinski definition) is 3. The highest BCUT2D eigenvalue weighted by molar-refractivity contribution is 6.33. The van der Waals surface area contributed by atoms with Gasteiger partial charge in [0.05, 0.1) is 27.9 Å². The summed E-state index contributed by atoms with van der Waals surface area (Å²) in [6, 6.07) is 14.7. The van der Waals surface area contributed by atoms with Crippen LogP contribution in [0.15, 0.2) is 48.5 Å². The van der Waals surface area contributed by atoms with Gasteiger partial charge < -0.3 is 24.9 Å². The number of carboxylic acids is 1. The summed E-state index contributed by atoms with van der Waals surface area (Å²) in [6.07, 6.45) is 3.70. The van der Waals surface area contributed by atoms with Crippen LogP contribution in [0.2, 0.25) is 5.02 Å². The van der Waals surface area contributed by atoms with Gasteiger partial charge in [-0.15, -0.1) is 0 Å². The quantitative estimate of drug-likeness (QED) is 0.287. The van der Waals surface area contributed by atoms with Crippen molar-refractivity contribution in [3.63, 3.8) is 0 Å². The lowest BCUT2D eigenvalue weighted by Crippen LogP contribution is -2.26. The summed E-state index contributed by atoms with van der Waals surface area (Å²) in [4.78, 5) is 23.5. The van der Waals surface area contributed by atoms with Gasteiger partial charge in [-0.3, -0.25) is 0 Å². The van der Waals surface area contributed by atoms with Crippen molar-refractivity contribution in [2.45, 2.75) is 32.3 Å². The number of aryl methyl sites for hydroxylation is 1. The number of H-pyrrole nitrogens is 1. The summed E-state index contributed by atoms with van der Waals surface area (Å²) in [7, 11) is 0. The van der Waals surface area contributed by atoms with Crippen molar-refractivity contribution in [1.82, 2.24) is 15.0 Å². The monoisotopic (exact) mass is 492 g/mol. The molecule has 1 fully saturated rings. The average Bonchev–Trinajstić information content (AvgIpc) is 3.25. The number of halogens is 1. The number of aromatic nitrogens is 3. The Kier molecular flexibility index (Phi) is 6.57. The Balaban J connectivity index is 1.33. The number of nitrogens with one attached hydrogen (secondary N) is 2. The number of fused-ring (bicyclic) bond motifs is 1. The third kappa shape index (κ3) is 5.23. The van der Waals surface area contributed by atoms with Crippen LogP contribution in [0.1, 0.15) is 35.2 Å². The molecule has 3 N–H and O–H groups in total. The zero-order valence-electron chi connectivity index (χ0n) is 19.2. The Bertz CT molecular complexity index is 1360. The molecule has 0 radical (unpaired) electrons. The van der Waals surface area contributed by atoms with Gasteiger partial charge in [-0.25, -0.2) is 9.78 Å². The fourth-order valence-corrected chi connectivity index (χ4v) is 4.36. The number of ether oxygens (including phenoxy) is 2. The molecule has 3 heterocycles. The Morgan fingerprint density at radius 1 is 1.20 bits per heavy atom. The molecular weight excluding hydrogens is 468 g/mol. The number of aromatic amines is 1. The maximum atomic E-state index is 11.4. The van der Waals surface area contributed by atoms with Crippen LogP contribution in [-0.4, -0.2) is 45.3 Å². The molecule has 0 spiro atoms. The highest BCUT2D eigenvalue weighted by Crippen LogP contribution is 2.31. The van der Waals surface area contributed by atoms with Crippen molar-refractivity contribution in [2.75, 3.05) is 18.5 Å². The number of carboxylic acid groups (broad SMARTS) is 1. The minimum Gasteiger partial charge on any atom is -0.478 e. The minimum atomic E-state index is -1.01. The van der Waals surface area contributed by atoms with E-state index in [1.807, 2.05) is 24.3 Å². The van der Waals surface area contributed by atoms with E-state index < -0.39 is 5.97 Å². The third-order valence-corrected chi connectivity index (χ3v) is 6.31. The number of nitrogens with zero attached hydrogens (tertiary/aromatic N) is 2. The van der Waals surface area contributed by atoms with Gasteiger partial charge in [0, 0.05) is 24.4 Å². The predicted octanol–water partition coefficient (Wildman–Crippen LogP) is 6.06. The second-order valence-corrected chi connectivity index (χ2v) is 8.97. The fourth-order valence-electron chi connectivity index (χ4n) is 4.10. The fraction of sp³-hybridized carbons (Fsp3) is 0.269. The predicted molar refractivity (Wildman–Crippen MR) is 135 cm³/mol. The number of hydrogen-bond acceptors (Lipinski definition) is 6. The lowest BCUT2D eigenvalue weighted by Gasteiger charge is -2.23. The molecule has 1 aliphatic heterocycles.